The van der Waals surface area contributed by atoms with Gasteiger partial charge in [0.15, 0.2) is 6.61 Å². The van der Waals surface area contributed by atoms with Gasteiger partial charge in [0.25, 0.3) is 5.91 Å². The predicted molar refractivity (Wildman–Crippen MR) is 121 cm³/mol. The molecule has 2 amide bonds. The Morgan fingerprint density at radius 2 is 1.67 bits per heavy atom. The molecule has 1 N–H and O–H groups in total. The zero-order chi connectivity index (χ0) is 21.9. The first kappa shape index (κ1) is 23.5. The fourth-order valence-corrected chi connectivity index (χ4v) is 3.20. The Morgan fingerprint density at radius 3 is 2.27 bits per heavy atom. The van der Waals surface area contributed by atoms with Gasteiger partial charge >= 0.3 is 0 Å². The summed E-state index contributed by atoms with van der Waals surface area (Å²) in [6.07, 6.45) is 2.08. The van der Waals surface area contributed by atoms with Crippen molar-refractivity contribution in [3.05, 3.63) is 65.7 Å². The van der Waals surface area contributed by atoms with Crippen LogP contribution in [0, 0.1) is 6.92 Å². The first-order valence-corrected chi connectivity index (χ1v) is 10.8. The van der Waals surface area contributed by atoms with Crippen LogP contribution in [0.1, 0.15) is 44.7 Å². The molecule has 0 aromatic heterocycles. The SMILES string of the molecule is CCC(C)NC(=O)C(CC)N(CCc1ccccc1)C(=O)COc1ccc(C)cc1. The van der Waals surface area contributed by atoms with Gasteiger partial charge in [0, 0.05) is 12.6 Å². The van der Waals surface area contributed by atoms with Crippen LogP contribution in [0.5, 0.6) is 5.75 Å². The molecular formula is C25H34N2O3. The molecule has 2 rings (SSSR count). The maximum absolute atomic E-state index is 13.1. The number of aryl methyl sites for hydroxylation is 1. The minimum absolute atomic E-state index is 0.0708. The van der Waals surface area contributed by atoms with Crippen LogP contribution < -0.4 is 10.1 Å². The van der Waals surface area contributed by atoms with E-state index in [-0.39, 0.29) is 24.5 Å². The van der Waals surface area contributed by atoms with Gasteiger partial charge in [0.05, 0.1) is 0 Å². The van der Waals surface area contributed by atoms with Crippen molar-refractivity contribution >= 4 is 11.8 Å². The number of benzene rings is 2. The van der Waals surface area contributed by atoms with Crippen LogP contribution in [-0.4, -0.2) is 41.9 Å². The molecule has 2 unspecified atom stereocenters. The van der Waals surface area contributed by atoms with E-state index in [2.05, 4.69) is 5.32 Å². The average Bonchev–Trinajstić information content (AvgIpc) is 2.76. The summed E-state index contributed by atoms with van der Waals surface area (Å²) < 4.78 is 5.71. The van der Waals surface area contributed by atoms with Crippen molar-refractivity contribution in [3.63, 3.8) is 0 Å². The van der Waals surface area contributed by atoms with Gasteiger partial charge in [-0.25, -0.2) is 0 Å². The van der Waals surface area contributed by atoms with Gasteiger partial charge < -0.3 is 15.0 Å². The summed E-state index contributed by atoms with van der Waals surface area (Å²) in [7, 11) is 0. The van der Waals surface area contributed by atoms with E-state index >= 15 is 0 Å². The molecule has 2 aromatic rings. The molecule has 162 valence electrons. The number of nitrogens with one attached hydrogen (secondary N) is 1. The molecule has 0 saturated heterocycles. The Balaban J connectivity index is 2.11. The number of rotatable bonds is 11. The summed E-state index contributed by atoms with van der Waals surface area (Å²) in [5, 5.41) is 3.02. The Hall–Kier alpha value is -2.82. The van der Waals surface area contributed by atoms with Crippen LogP contribution in [0.15, 0.2) is 54.6 Å². The Kier molecular flexibility index (Phi) is 9.39. The number of nitrogens with zero attached hydrogens (tertiary/aromatic N) is 1. The normalized spacial score (nSPS) is 12.7. The molecule has 5 heteroatoms. The highest BCUT2D eigenvalue weighted by molar-refractivity contribution is 5.88. The zero-order valence-corrected chi connectivity index (χ0v) is 18.6. The minimum Gasteiger partial charge on any atom is -0.484 e. The van der Waals surface area contributed by atoms with E-state index in [0.29, 0.717) is 25.1 Å². The molecular weight excluding hydrogens is 376 g/mol. The molecule has 30 heavy (non-hydrogen) atoms. The van der Waals surface area contributed by atoms with Gasteiger partial charge in [0.1, 0.15) is 11.8 Å². The fraction of sp³-hybridized carbons (Fsp3) is 0.440. The van der Waals surface area contributed by atoms with Gasteiger partial charge in [0.2, 0.25) is 5.91 Å². The van der Waals surface area contributed by atoms with Crippen LogP contribution in [0.2, 0.25) is 0 Å². The van der Waals surface area contributed by atoms with Crippen molar-refractivity contribution in [2.45, 2.75) is 59.0 Å². The summed E-state index contributed by atoms with van der Waals surface area (Å²) in [5.41, 5.74) is 2.26. The van der Waals surface area contributed by atoms with Gasteiger partial charge in [-0.2, -0.15) is 0 Å². The van der Waals surface area contributed by atoms with E-state index in [1.165, 1.54) is 0 Å². The van der Waals surface area contributed by atoms with Gasteiger partial charge in [-0.05, 0) is 50.8 Å². The molecule has 0 bridgehead atoms. The topological polar surface area (TPSA) is 58.6 Å². The number of hydrogen-bond donors (Lipinski definition) is 1. The molecule has 0 aliphatic carbocycles. The van der Waals surface area contributed by atoms with E-state index < -0.39 is 6.04 Å². The van der Waals surface area contributed by atoms with Crippen LogP contribution in [-0.2, 0) is 16.0 Å². The lowest BCUT2D eigenvalue weighted by Gasteiger charge is -2.31. The van der Waals surface area contributed by atoms with Crippen LogP contribution in [0.3, 0.4) is 0 Å². The van der Waals surface area contributed by atoms with Crippen molar-refractivity contribution in [1.82, 2.24) is 10.2 Å². The second-order valence-corrected chi connectivity index (χ2v) is 7.67. The van der Waals surface area contributed by atoms with E-state index in [0.717, 1.165) is 17.5 Å². The molecule has 0 fully saturated rings. The molecule has 2 atom stereocenters. The number of carbonyl (C=O) groups excluding carboxylic acids is 2. The summed E-state index contributed by atoms with van der Waals surface area (Å²) in [4.78, 5) is 27.6. The average molecular weight is 411 g/mol. The summed E-state index contributed by atoms with van der Waals surface area (Å²) in [6.45, 7) is 8.31. The van der Waals surface area contributed by atoms with E-state index in [1.54, 1.807) is 4.90 Å². The van der Waals surface area contributed by atoms with Crippen molar-refractivity contribution in [2.24, 2.45) is 0 Å². The predicted octanol–water partition coefficient (Wildman–Crippen LogP) is 4.14. The standard InChI is InChI=1S/C25H34N2O3/c1-5-20(4)26-25(29)23(6-2)27(17-16-21-10-8-7-9-11-21)24(28)18-30-22-14-12-19(3)13-15-22/h7-15,20,23H,5-6,16-18H2,1-4H3,(H,26,29). The maximum Gasteiger partial charge on any atom is 0.261 e. The zero-order valence-electron chi connectivity index (χ0n) is 18.6. The van der Waals surface area contributed by atoms with Crippen molar-refractivity contribution in [3.8, 4) is 5.75 Å². The van der Waals surface area contributed by atoms with Crippen molar-refractivity contribution < 1.29 is 14.3 Å². The van der Waals surface area contributed by atoms with Gasteiger partial charge in [-0.3, -0.25) is 9.59 Å². The highest BCUT2D eigenvalue weighted by Gasteiger charge is 2.29. The van der Waals surface area contributed by atoms with Crippen molar-refractivity contribution in [2.75, 3.05) is 13.2 Å². The number of ether oxygens (including phenoxy) is 1. The Bertz CT molecular complexity index is 790. The molecule has 0 aliphatic heterocycles. The molecule has 0 saturated carbocycles. The fourth-order valence-electron chi connectivity index (χ4n) is 3.20. The first-order chi connectivity index (χ1) is 14.4. The van der Waals surface area contributed by atoms with Gasteiger partial charge in [-0.15, -0.1) is 0 Å². The lowest BCUT2D eigenvalue weighted by Crippen LogP contribution is -2.52. The highest BCUT2D eigenvalue weighted by Crippen LogP contribution is 2.14. The minimum atomic E-state index is -0.517. The van der Waals surface area contributed by atoms with Crippen LogP contribution in [0.4, 0.5) is 0 Å². The monoisotopic (exact) mass is 410 g/mol. The second-order valence-electron chi connectivity index (χ2n) is 7.67. The number of carbonyl (C=O) groups is 2. The highest BCUT2D eigenvalue weighted by atomic mass is 16.5. The van der Waals surface area contributed by atoms with E-state index in [4.69, 9.17) is 4.74 Å². The molecule has 0 heterocycles. The van der Waals surface area contributed by atoms with Crippen LogP contribution >= 0.6 is 0 Å². The lowest BCUT2D eigenvalue weighted by molar-refractivity contribution is -0.142. The van der Waals surface area contributed by atoms with Gasteiger partial charge in [-0.1, -0.05) is 61.9 Å². The third-order valence-corrected chi connectivity index (χ3v) is 5.25. The first-order valence-electron chi connectivity index (χ1n) is 10.8. The number of amides is 2. The Labute approximate surface area is 180 Å². The summed E-state index contributed by atoms with van der Waals surface area (Å²) >= 11 is 0. The lowest BCUT2D eigenvalue weighted by atomic mass is 10.1. The number of hydrogen-bond acceptors (Lipinski definition) is 3. The molecule has 0 radical (unpaired) electrons. The summed E-state index contributed by atoms with van der Waals surface area (Å²) in [5.74, 6) is 0.357. The van der Waals surface area contributed by atoms with Crippen LogP contribution in [0.25, 0.3) is 0 Å². The quantitative estimate of drug-likeness (QED) is 0.606. The molecule has 0 aliphatic rings. The third kappa shape index (κ3) is 7.21. The maximum atomic E-state index is 13.1. The third-order valence-electron chi connectivity index (χ3n) is 5.25. The largest absolute Gasteiger partial charge is 0.484 e. The smallest absolute Gasteiger partial charge is 0.261 e. The van der Waals surface area contributed by atoms with Crippen molar-refractivity contribution in [1.29, 1.82) is 0 Å². The van der Waals surface area contributed by atoms with E-state index in [9.17, 15) is 9.59 Å². The summed E-state index contributed by atoms with van der Waals surface area (Å²) in [6, 6.07) is 17.1. The molecule has 2 aromatic carbocycles. The molecule has 5 nitrogen and oxygen atoms in total. The van der Waals surface area contributed by atoms with E-state index in [1.807, 2.05) is 82.3 Å². The molecule has 0 spiro atoms. The Morgan fingerprint density at radius 1 is 1.00 bits per heavy atom. The second kappa shape index (κ2) is 12.0.